The molecule has 1 unspecified atom stereocenters. The van der Waals surface area contributed by atoms with Gasteiger partial charge in [-0.3, -0.25) is 4.79 Å². The van der Waals surface area contributed by atoms with Crippen LogP contribution in [0.15, 0.2) is 30.3 Å². The molecule has 1 amide bonds. The molecule has 0 saturated carbocycles. The lowest BCUT2D eigenvalue weighted by Crippen LogP contribution is -2.41. The summed E-state index contributed by atoms with van der Waals surface area (Å²) < 4.78 is 0. The van der Waals surface area contributed by atoms with E-state index in [1.807, 2.05) is 44.2 Å². The Morgan fingerprint density at radius 1 is 1.35 bits per heavy atom. The number of aromatic nitrogens is 1. The molecule has 0 fully saturated rings. The number of hydrogen-bond donors (Lipinski definition) is 2. The number of nitrogens with one attached hydrogen (secondary N) is 1. The minimum atomic E-state index is -0.522. The quantitative estimate of drug-likeness (QED) is 0.884. The Balaban J connectivity index is 1.87. The number of carbonyl (C=O) groups excluding carboxylic acids is 1. The lowest BCUT2D eigenvalue weighted by molar-refractivity contribution is -0.122. The molecule has 1 aromatic carbocycles. The molecule has 5 heteroatoms. The molecule has 0 aliphatic carbocycles. The number of benzene rings is 1. The second-order valence-electron chi connectivity index (χ2n) is 4.76. The minimum Gasteiger partial charge on any atom is -0.350 e. The molecule has 0 spiro atoms. The van der Waals surface area contributed by atoms with Crippen LogP contribution in [0.1, 0.15) is 21.1 Å². The van der Waals surface area contributed by atoms with Crippen molar-refractivity contribution in [3.63, 3.8) is 0 Å². The summed E-state index contributed by atoms with van der Waals surface area (Å²) in [5.41, 5.74) is 7.98. The van der Waals surface area contributed by atoms with E-state index in [0.29, 0.717) is 13.0 Å². The van der Waals surface area contributed by atoms with Gasteiger partial charge < -0.3 is 11.1 Å². The van der Waals surface area contributed by atoms with Crippen molar-refractivity contribution in [2.24, 2.45) is 5.73 Å². The lowest BCUT2D eigenvalue weighted by atomic mass is 10.1. The number of aryl methyl sites for hydroxylation is 2. The van der Waals surface area contributed by atoms with Gasteiger partial charge in [-0.2, -0.15) is 0 Å². The van der Waals surface area contributed by atoms with Crippen molar-refractivity contribution in [2.45, 2.75) is 32.9 Å². The molecule has 0 bridgehead atoms. The normalized spacial score (nSPS) is 12.2. The van der Waals surface area contributed by atoms with Gasteiger partial charge in [-0.05, 0) is 25.8 Å². The molecule has 1 atom stereocenters. The monoisotopic (exact) mass is 289 g/mol. The van der Waals surface area contributed by atoms with Crippen LogP contribution in [0.5, 0.6) is 0 Å². The van der Waals surface area contributed by atoms with Gasteiger partial charge in [0.1, 0.15) is 0 Å². The minimum absolute atomic E-state index is 0.126. The van der Waals surface area contributed by atoms with E-state index in [4.69, 9.17) is 5.73 Å². The van der Waals surface area contributed by atoms with Crippen LogP contribution in [-0.2, 0) is 17.8 Å². The van der Waals surface area contributed by atoms with Crippen molar-refractivity contribution in [3.8, 4) is 0 Å². The Morgan fingerprint density at radius 2 is 2.05 bits per heavy atom. The van der Waals surface area contributed by atoms with E-state index in [-0.39, 0.29) is 5.91 Å². The van der Waals surface area contributed by atoms with Gasteiger partial charge in [-0.25, -0.2) is 4.98 Å². The highest BCUT2D eigenvalue weighted by molar-refractivity contribution is 7.11. The third-order valence-electron chi connectivity index (χ3n) is 3.06. The molecule has 3 N–H and O–H groups in total. The standard InChI is InChI=1S/C15H19N3OS/c1-10-14(20-11(2)18-10)9-17-15(19)13(16)8-12-6-4-3-5-7-12/h3-7,13H,8-9,16H2,1-2H3,(H,17,19). The Hall–Kier alpha value is -1.72. The van der Waals surface area contributed by atoms with Crippen molar-refractivity contribution in [1.82, 2.24) is 10.3 Å². The van der Waals surface area contributed by atoms with E-state index in [1.54, 1.807) is 11.3 Å². The first-order valence-electron chi connectivity index (χ1n) is 6.56. The van der Waals surface area contributed by atoms with E-state index in [2.05, 4.69) is 10.3 Å². The summed E-state index contributed by atoms with van der Waals surface area (Å²) in [5, 5.41) is 3.89. The summed E-state index contributed by atoms with van der Waals surface area (Å²) in [6.45, 7) is 4.41. The van der Waals surface area contributed by atoms with Gasteiger partial charge in [0, 0.05) is 4.88 Å². The summed E-state index contributed by atoms with van der Waals surface area (Å²) in [4.78, 5) is 17.4. The Morgan fingerprint density at radius 3 is 2.65 bits per heavy atom. The maximum absolute atomic E-state index is 12.0. The third kappa shape index (κ3) is 3.88. The smallest absolute Gasteiger partial charge is 0.237 e. The third-order valence-corrected chi connectivity index (χ3v) is 4.13. The largest absolute Gasteiger partial charge is 0.350 e. The van der Waals surface area contributed by atoms with Crippen LogP contribution in [0, 0.1) is 13.8 Å². The predicted molar refractivity (Wildman–Crippen MR) is 81.6 cm³/mol. The number of nitrogens with zero attached hydrogens (tertiary/aromatic N) is 1. The fourth-order valence-corrected chi connectivity index (χ4v) is 2.87. The molecule has 0 radical (unpaired) electrons. The van der Waals surface area contributed by atoms with E-state index >= 15 is 0 Å². The molecule has 2 rings (SSSR count). The molecule has 0 aliphatic heterocycles. The second-order valence-corrected chi connectivity index (χ2v) is 6.04. The van der Waals surface area contributed by atoms with Crippen molar-refractivity contribution >= 4 is 17.2 Å². The SMILES string of the molecule is Cc1nc(C)c(CNC(=O)C(N)Cc2ccccc2)s1. The van der Waals surface area contributed by atoms with Gasteiger partial charge in [-0.15, -0.1) is 11.3 Å². The van der Waals surface area contributed by atoms with Gasteiger partial charge in [-0.1, -0.05) is 30.3 Å². The molecular formula is C15H19N3OS. The van der Waals surface area contributed by atoms with Gasteiger partial charge in [0.2, 0.25) is 5.91 Å². The first kappa shape index (κ1) is 14.7. The number of nitrogens with two attached hydrogens (primary N) is 1. The highest BCUT2D eigenvalue weighted by Crippen LogP contribution is 2.16. The fraction of sp³-hybridized carbons (Fsp3) is 0.333. The zero-order valence-electron chi connectivity index (χ0n) is 11.7. The van der Waals surface area contributed by atoms with Crippen LogP contribution in [0.2, 0.25) is 0 Å². The maximum Gasteiger partial charge on any atom is 0.237 e. The van der Waals surface area contributed by atoms with E-state index < -0.39 is 6.04 Å². The average Bonchev–Trinajstić information content (AvgIpc) is 2.75. The number of thiazole rings is 1. The van der Waals surface area contributed by atoms with Crippen molar-refractivity contribution in [2.75, 3.05) is 0 Å². The van der Waals surface area contributed by atoms with E-state index in [9.17, 15) is 4.79 Å². The van der Waals surface area contributed by atoms with Crippen LogP contribution in [0.3, 0.4) is 0 Å². The Labute approximate surface area is 123 Å². The molecule has 1 heterocycles. The average molecular weight is 289 g/mol. The van der Waals surface area contributed by atoms with Crippen molar-refractivity contribution in [3.05, 3.63) is 51.5 Å². The van der Waals surface area contributed by atoms with Crippen LogP contribution < -0.4 is 11.1 Å². The summed E-state index contributed by atoms with van der Waals surface area (Å²) in [6.07, 6.45) is 0.549. The van der Waals surface area contributed by atoms with Crippen LogP contribution in [0.4, 0.5) is 0 Å². The zero-order chi connectivity index (χ0) is 14.5. The van der Waals surface area contributed by atoms with E-state index in [1.165, 1.54) is 0 Å². The molecular weight excluding hydrogens is 270 g/mol. The molecule has 0 saturated heterocycles. The zero-order valence-corrected chi connectivity index (χ0v) is 12.5. The van der Waals surface area contributed by atoms with Crippen molar-refractivity contribution < 1.29 is 4.79 Å². The molecule has 0 aliphatic rings. The topological polar surface area (TPSA) is 68.0 Å². The molecule has 20 heavy (non-hydrogen) atoms. The number of hydrogen-bond acceptors (Lipinski definition) is 4. The predicted octanol–water partition coefficient (Wildman–Crippen LogP) is 1.95. The first-order chi connectivity index (χ1) is 9.56. The lowest BCUT2D eigenvalue weighted by Gasteiger charge is -2.12. The van der Waals surface area contributed by atoms with E-state index in [0.717, 1.165) is 21.1 Å². The first-order valence-corrected chi connectivity index (χ1v) is 7.38. The van der Waals surface area contributed by atoms with Gasteiger partial charge in [0.25, 0.3) is 0 Å². The summed E-state index contributed by atoms with van der Waals surface area (Å²) in [7, 11) is 0. The number of amides is 1. The van der Waals surface area contributed by atoms with Gasteiger partial charge in [0.15, 0.2) is 0 Å². The highest BCUT2D eigenvalue weighted by Gasteiger charge is 2.14. The summed E-state index contributed by atoms with van der Waals surface area (Å²) in [5.74, 6) is -0.126. The van der Waals surface area contributed by atoms with Crippen LogP contribution >= 0.6 is 11.3 Å². The molecule has 4 nitrogen and oxygen atoms in total. The number of rotatable bonds is 5. The number of carbonyl (C=O) groups is 1. The second kappa shape index (κ2) is 6.63. The summed E-state index contributed by atoms with van der Waals surface area (Å²) in [6, 6.07) is 9.27. The van der Waals surface area contributed by atoms with Crippen LogP contribution in [-0.4, -0.2) is 16.9 Å². The maximum atomic E-state index is 12.0. The highest BCUT2D eigenvalue weighted by atomic mass is 32.1. The van der Waals surface area contributed by atoms with Gasteiger partial charge >= 0.3 is 0 Å². The van der Waals surface area contributed by atoms with Crippen LogP contribution in [0.25, 0.3) is 0 Å². The molecule has 1 aromatic heterocycles. The van der Waals surface area contributed by atoms with Gasteiger partial charge in [0.05, 0.1) is 23.3 Å². The summed E-state index contributed by atoms with van der Waals surface area (Å²) >= 11 is 1.61. The Kier molecular flexibility index (Phi) is 4.87. The molecule has 2 aromatic rings. The van der Waals surface area contributed by atoms with Crippen molar-refractivity contribution in [1.29, 1.82) is 0 Å². The Bertz CT molecular complexity index is 580. The fourth-order valence-electron chi connectivity index (χ4n) is 2.00. The molecule has 106 valence electrons.